The second-order valence-corrected chi connectivity index (χ2v) is 6.87. The topological polar surface area (TPSA) is 78.9 Å². The lowest BCUT2D eigenvalue weighted by Crippen LogP contribution is -2.35. The molecule has 0 saturated carbocycles. The number of nitrogens with one attached hydrogen (secondary N) is 1. The first-order valence-electron chi connectivity index (χ1n) is 8.50. The Bertz CT molecular complexity index is 615. The van der Waals surface area contributed by atoms with Crippen molar-refractivity contribution in [3.63, 3.8) is 0 Å². The van der Waals surface area contributed by atoms with Crippen LogP contribution < -0.4 is 10.1 Å². The number of hydrogen-bond donors (Lipinski definition) is 2. The van der Waals surface area contributed by atoms with Gasteiger partial charge in [0.25, 0.3) is 0 Å². The quantitative estimate of drug-likeness (QED) is 0.773. The van der Waals surface area contributed by atoms with Gasteiger partial charge in [-0.3, -0.25) is 9.69 Å². The van der Waals surface area contributed by atoms with E-state index in [-0.39, 0.29) is 5.91 Å². The SMILES string of the molecule is CNC(=O)CC1CCN(Cc2ccc(O[C@@H](C)C(=O)O)c(Cl)c2)CC1. The van der Waals surface area contributed by atoms with Crippen molar-refractivity contribution >= 4 is 23.5 Å². The van der Waals surface area contributed by atoms with Crippen LogP contribution in [0.3, 0.4) is 0 Å². The van der Waals surface area contributed by atoms with E-state index >= 15 is 0 Å². The molecule has 0 aromatic heterocycles. The number of aliphatic carboxylic acids is 1. The highest BCUT2D eigenvalue weighted by Crippen LogP contribution is 2.28. The van der Waals surface area contributed by atoms with Crippen LogP contribution in [0.25, 0.3) is 0 Å². The van der Waals surface area contributed by atoms with Gasteiger partial charge in [-0.2, -0.15) is 0 Å². The smallest absolute Gasteiger partial charge is 0.344 e. The summed E-state index contributed by atoms with van der Waals surface area (Å²) in [7, 11) is 1.67. The molecule has 1 aliphatic heterocycles. The summed E-state index contributed by atoms with van der Waals surface area (Å²) < 4.78 is 5.33. The van der Waals surface area contributed by atoms with Gasteiger partial charge in [-0.1, -0.05) is 17.7 Å². The molecular formula is C18H25ClN2O4. The second kappa shape index (κ2) is 9.06. The maximum absolute atomic E-state index is 11.5. The Labute approximate surface area is 153 Å². The fraction of sp³-hybridized carbons (Fsp3) is 0.556. The summed E-state index contributed by atoms with van der Waals surface area (Å²) in [6.07, 6.45) is 1.68. The van der Waals surface area contributed by atoms with Gasteiger partial charge in [0, 0.05) is 20.0 Å². The highest BCUT2D eigenvalue weighted by Gasteiger charge is 2.21. The molecule has 1 fully saturated rings. The lowest BCUT2D eigenvalue weighted by molar-refractivity contribution is -0.144. The fourth-order valence-electron chi connectivity index (χ4n) is 2.95. The Morgan fingerprint density at radius 2 is 2.08 bits per heavy atom. The van der Waals surface area contributed by atoms with Crippen LogP contribution in [0.4, 0.5) is 0 Å². The van der Waals surface area contributed by atoms with Crippen LogP contribution in [0, 0.1) is 5.92 Å². The number of halogens is 1. The first-order chi connectivity index (χ1) is 11.9. The van der Waals surface area contributed by atoms with Gasteiger partial charge in [0.2, 0.25) is 5.91 Å². The standard InChI is InChI=1S/C18H25ClN2O4/c1-12(18(23)24)25-16-4-3-14(9-15(16)19)11-21-7-5-13(6-8-21)10-17(22)20-2/h3-4,9,12-13H,5-8,10-11H2,1-2H3,(H,20,22)(H,23,24)/t12-/m0/s1. The zero-order valence-electron chi connectivity index (χ0n) is 14.6. The number of amides is 1. The van der Waals surface area contributed by atoms with E-state index in [1.165, 1.54) is 6.92 Å². The Morgan fingerprint density at radius 1 is 1.40 bits per heavy atom. The van der Waals surface area contributed by atoms with E-state index in [2.05, 4.69) is 10.2 Å². The van der Waals surface area contributed by atoms with Gasteiger partial charge in [0.1, 0.15) is 5.75 Å². The van der Waals surface area contributed by atoms with Crippen molar-refractivity contribution in [1.29, 1.82) is 0 Å². The summed E-state index contributed by atoms with van der Waals surface area (Å²) >= 11 is 6.21. The number of carboxylic acid groups (broad SMARTS) is 1. The van der Waals surface area contributed by atoms with Crippen molar-refractivity contribution in [2.24, 2.45) is 5.92 Å². The first kappa shape index (κ1) is 19.5. The van der Waals surface area contributed by atoms with E-state index in [0.717, 1.165) is 38.0 Å². The van der Waals surface area contributed by atoms with E-state index in [4.69, 9.17) is 21.4 Å². The van der Waals surface area contributed by atoms with Crippen LogP contribution in [0.15, 0.2) is 18.2 Å². The lowest BCUT2D eigenvalue weighted by atomic mass is 9.93. The van der Waals surface area contributed by atoms with Crippen LogP contribution in [-0.4, -0.2) is 48.1 Å². The third-order valence-corrected chi connectivity index (χ3v) is 4.81. The molecule has 0 bridgehead atoms. The van der Waals surface area contributed by atoms with Gasteiger partial charge in [-0.25, -0.2) is 4.79 Å². The number of nitrogens with zero attached hydrogens (tertiary/aromatic N) is 1. The number of hydrogen-bond acceptors (Lipinski definition) is 4. The first-order valence-corrected chi connectivity index (χ1v) is 8.87. The molecule has 1 aliphatic rings. The minimum atomic E-state index is -1.03. The average molecular weight is 369 g/mol. The van der Waals surface area contributed by atoms with Crippen molar-refractivity contribution in [3.05, 3.63) is 28.8 Å². The molecule has 25 heavy (non-hydrogen) atoms. The second-order valence-electron chi connectivity index (χ2n) is 6.46. The summed E-state index contributed by atoms with van der Waals surface area (Å²) in [6.45, 7) is 4.15. The summed E-state index contributed by atoms with van der Waals surface area (Å²) in [5.74, 6) is -0.0890. The van der Waals surface area contributed by atoms with Gasteiger partial charge >= 0.3 is 5.97 Å². The molecule has 2 rings (SSSR count). The largest absolute Gasteiger partial charge is 0.479 e. The number of carbonyl (C=O) groups is 2. The number of benzene rings is 1. The van der Waals surface area contributed by atoms with E-state index in [0.29, 0.717) is 23.1 Å². The fourth-order valence-corrected chi connectivity index (χ4v) is 3.20. The summed E-state index contributed by atoms with van der Waals surface area (Å²) in [4.78, 5) is 24.6. The average Bonchev–Trinajstić information content (AvgIpc) is 2.58. The van der Waals surface area contributed by atoms with Crippen LogP contribution in [0.5, 0.6) is 5.75 Å². The van der Waals surface area contributed by atoms with Crippen molar-refractivity contribution < 1.29 is 19.4 Å². The van der Waals surface area contributed by atoms with Gasteiger partial charge in [0.15, 0.2) is 6.10 Å². The molecule has 1 amide bonds. The number of ether oxygens (including phenoxy) is 1. The minimum Gasteiger partial charge on any atom is -0.479 e. The Kier molecular flexibility index (Phi) is 7.08. The predicted molar refractivity (Wildman–Crippen MR) is 95.9 cm³/mol. The third kappa shape index (κ3) is 5.90. The molecule has 1 atom stereocenters. The van der Waals surface area contributed by atoms with Gasteiger partial charge in [-0.05, 0) is 56.5 Å². The van der Waals surface area contributed by atoms with Crippen LogP contribution in [-0.2, 0) is 16.1 Å². The Hall–Kier alpha value is -1.79. The van der Waals surface area contributed by atoms with E-state index in [9.17, 15) is 9.59 Å². The van der Waals surface area contributed by atoms with E-state index in [1.807, 2.05) is 12.1 Å². The zero-order valence-corrected chi connectivity index (χ0v) is 15.4. The molecule has 0 unspecified atom stereocenters. The maximum Gasteiger partial charge on any atom is 0.344 e. The lowest BCUT2D eigenvalue weighted by Gasteiger charge is -2.31. The number of carbonyl (C=O) groups excluding carboxylic acids is 1. The minimum absolute atomic E-state index is 0.108. The van der Waals surface area contributed by atoms with Crippen molar-refractivity contribution in [1.82, 2.24) is 10.2 Å². The van der Waals surface area contributed by atoms with Gasteiger partial charge in [0.05, 0.1) is 5.02 Å². The summed E-state index contributed by atoms with van der Waals surface area (Å²) in [5, 5.41) is 12.0. The Morgan fingerprint density at radius 3 is 2.64 bits per heavy atom. The highest BCUT2D eigenvalue weighted by atomic mass is 35.5. The van der Waals surface area contributed by atoms with Gasteiger partial charge < -0.3 is 15.2 Å². The molecular weight excluding hydrogens is 344 g/mol. The molecule has 0 radical (unpaired) electrons. The molecule has 2 N–H and O–H groups in total. The van der Waals surface area contributed by atoms with Crippen LogP contribution in [0.1, 0.15) is 31.7 Å². The van der Waals surface area contributed by atoms with E-state index < -0.39 is 12.1 Å². The summed E-state index contributed by atoms with van der Waals surface area (Å²) in [6, 6.07) is 5.45. The molecule has 0 spiro atoms. The highest BCUT2D eigenvalue weighted by molar-refractivity contribution is 6.32. The van der Waals surface area contributed by atoms with Crippen molar-refractivity contribution in [2.75, 3.05) is 20.1 Å². The predicted octanol–water partition coefficient (Wildman–Crippen LogP) is 2.54. The molecule has 1 aromatic carbocycles. The van der Waals surface area contributed by atoms with E-state index in [1.54, 1.807) is 13.1 Å². The maximum atomic E-state index is 11.5. The van der Waals surface area contributed by atoms with Crippen molar-refractivity contribution in [2.45, 2.75) is 38.8 Å². The molecule has 7 heteroatoms. The molecule has 138 valence electrons. The number of rotatable bonds is 7. The normalized spacial score (nSPS) is 17.1. The number of likely N-dealkylation sites (tertiary alicyclic amines) is 1. The molecule has 1 aromatic rings. The van der Waals surface area contributed by atoms with Crippen LogP contribution in [0.2, 0.25) is 5.02 Å². The van der Waals surface area contributed by atoms with Crippen molar-refractivity contribution in [3.8, 4) is 5.75 Å². The molecule has 6 nitrogen and oxygen atoms in total. The summed E-state index contributed by atoms with van der Waals surface area (Å²) in [5.41, 5.74) is 1.06. The molecule has 1 heterocycles. The Balaban J connectivity index is 1.86. The van der Waals surface area contributed by atoms with Gasteiger partial charge in [-0.15, -0.1) is 0 Å². The molecule has 0 aliphatic carbocycles. The zero-order chi connectivity index (χ0) is 18.4. The third-order valence-electron chi connectivity index (χ3n) is 4.51. The molecule has 1 saturated heterocycles. The number of piperidine rings is 1. The number of carboxylic acids is 1. The monoisotopic (exact) mass is 368 g/mol. The van der Waals surface area contributed by atoms with Crippen LogP contribution >= 0.6 is 11.6 Å².